The molecule has 1 rings (SSSR count). The number of hydrogen-bond acceptors (Lipinski definition) is 6. The SMILES string of the molecule is CCOc1nc(OCCOCCOC)ccc1N. The average Bonchev–Trinajstić information content (AvgIpc) is 2.37. The quantitative estimate of drug-likeness (QED) is 0.667. The van der Waals surface area contributed by atoms with Crippen molar-refractivity contribution in [2.75, 3.05) is 45.9 Å². The van der Waals surface area contributed by atoms with Crippen molar-refractivity contribution in [2.24, 2.45) is 0 Å². The topological polar surface area (TPSA) is 75.8 Å². The van der Waals surface area contributed by atoms with E-state index in [9.17, 15) is 0 Å². The van der Waals surface area contributed by atoms with E-state index in [0.717, 1.165) is 0 Å². The Kier molecular flexibility index (Phi) is 6.90. The molecule has 1 aromatic rings. The van der Waals surface area contributed by atoms with Crippen LogP contribution in [0.5, 0.6) is 11.8 Å². The maximum absolute atomic E-state index is 5.70. The van der Waals surface area contributed by atoms with Crippen LogP contribution in [0.4, 0.5) is 5.69 Å². The van der Waals surface area contributed by atoms with Crippen molar-refractivity contribution >= 4 is 5.69 Å². The first-order valence-electron chi connectivity index (χ1n) is 5.86. The molecule has 102 valence electrons. The number of rotatable bonds is 9. The van der Waals surface area contributed by atoms with Crippen LogP contribution in [0.25, 0.3) is 0 Å². The van der Waals surface area contributed by atoms with Gasteiger partial charge in [0.2, 0.25) is 11.8 Å². The second kappa shape index (κ2) is 8.54. The predicted octanol–water partition coefficient (Wildman–Crippen LogP) is 1.10. The lowest BCUT2D eigenvalue weighted by molar-refractivity contribution is 0.0536. The Morgan fingerprint density at radius 2 is 1.89 bits per heavy atom. The summed E-state index contributed by atoms with van der Waals surface area (Å²) >= 11 is 0. The molecule has 0 radical (unpaired) electrons. The van der Waals surface area contributed by atoms with E-state index in [1.165, 1.54) is 0 Å². The fraction of sp³-hybridized carbons (Fsp3) is 0.583. The lowest BCUT2D eigenvalue weighted by Crippen LogP contribution is -2.11. The van der Waals surface area contributed by atoms with Gasteiger partial charge in [-0.05, 0) is 13.0 Å². The highest BCUT2D eigenvalue weighted by Crippen LogP contribution is 2.21. The molecule has 0 spiro atoms. The van der Waals surface area contributed by atoms with Gasteiger partial charge in [0.1, 0.15) is 6.61 Å². The zero-order chi connectivity index (χ0) is 13.2. The highest BCUT2D eigenvalue weighted by Gasteiger charge is 2.04. The summed E-state index contributed by atoms with van der Waals surface area (Å²) in [7, 11) is 1.63. The van der Waals surface area contributed by atoms with Gasteiger partial charge in [0.05, 0.1) is 32.1 Å². The summed E-state index contributed by atoms with van der Waals surface area (Å²) < 4.78 is 20.8. The predicted molar refractivity (Wildman–Crippen MR) is 68.0 cm³/mol. The molecule has 2 N–H and O–H groups in total. The summed E-state index contributed by atoms with van der Waals surface area (Å²) in [6, 6.07) is 3.41. The van der Waals surface area contributed by atoms with Crippen molar-refractivity contribution in [3.05, 3.63) is 12.1 Å². The van der Waals surface area contributed by atoms with E-state index in [2.05, 4.69) is 4.98 Å². The zero-order valence-electron chi connectivity index (χ0n) is 10.8. The molecular formula is C12H20N2O4. The standard InChI is InChI=1S/C12H20N2O4/c1-3-17-12-10(13)4-5-11(14-12)18-9-8-16-7-6-15-2/h4-5H,3,6-9,13H2,1-2H3. The summed E-state index contributed by atoms with van der Waals surface area (Å²) in [5, 5.41) is 0. The fourth-order valence-electron chi connectivity index (χ4n) is 1.22. The van der Waals surface area contributed by atoms with E-state index in [4.69, 9.17) is 24.7 Å². The van der Waals surface area contributed by atoms with Gasteiger partial charge in [0.25, 0.3) is 0 Å². The molecule has 18 heavy (non-hydrogen) atoms. The Balaban J connectivity index is 2.31. The summed E-state index contributed by atoms with van der Waals surface area (Å²) in [6.07, 6.45) is 0. The summed E-state index contributed by atoms with van der Waals surface area (Å²) in [6.45, 7) is 4.43. The van der Waals surface area contributed by atoms with Gasteiger partial charge in [0, 0.05) is 13.2 Å². The van der Waals surface area contributed by atoms with Crippen LogP contribution in [0, 0.1) is 0 Å². The van der Waals surface area contributed by atoms with E-state index in [0.29, 0.717) is 50.5 Å². The average molecular weight is 256 g/mol. The first kappa shape index (κ1) is 14.5. The van der Waals surface area contributed by atoms with Crippen molar-refractivity contribution in [2.45, 2.75) is 6.92 Å². The first-order chi connectivity index (χ1) is 8.77. The van der Waals surface area contributed by atoms with Crippen LogP contribution in [-0.2, 0) is 9.47 Å². The van der Waals surface area contributed by atoms with Gasteiger partial charge in [-0.3, -0.25) is 0 Å². The van der Waals surface area contributed by atoms with Crippen LogP contribution >= 0.6 is 0 Å². The Labute approximate surface area is 107 Å². The van der Waals surface area contributed by atoms with Gasteiger partial charge in [-0.2, -0.15) is 4.98 Å². The molecule has 0 aliphatic carbocycles. The first-order valence-corrected chi connectivity index (χ1v) is 5.86. The van der Waals surface area contributed by atoms with E-state index >= 15 is 0 Å². The Morgan fingerprint density at radius 1 is 1.11 bits per heavy atom. The molecule has 1 aromatic heterocycles. The maximum atomic E-state index is 5.70. The minimum absolute atomic E-state index is 0.398. The number of anilines is 1. The van der Waals surface area contributed by atoms with E-state index in [1.807, 2.05) is 6.92 Å². The fourth-order valence-corrected chi connectivity index (χ4v) is 1.22. The molecule has 0 saturated heterocycles. The second-order valence-electron chi connectivity index (χ2n) is 3.43. The van der Waals surface area contributed by atoms with Gasteiger partial charge in [-0.15, -0.1) is 0 Å². The Hall–Kier alpha value is -1.53. The number of nitrogen functional groups attached to an aromatic ring is 1. The van der Waals surface area contributed by atoms with Crippen LogP contribution in [-0.4, -0.2) is 45.1 Å². The minimum atomic E-state index is 0.398. The molecule has 0 atom stereocenters. The van der Waals surface area contributed by atoms with Crippen LogP contribution in [0.3, 0.4) is 0 Å². The van der Waals surface area contributed by atoms with Crippen molar-refractivity contribution in [1.82, 2.24) is 4.98 Å². The van der Waals surface area contributed by atoms with E-state index in [-0.39, 0.29) is 0 Å². The van der Waals surface area contributed by atoms with Gasteiger partial charge < -0.3 is 24.7 Å². The molecule has 6 heteroatoms. The van der Waals surface area contributed by atoms with Crippen LogP contribution < -0.4 is 15.2 Å². The molecule has 0 aromatic carbocycles. The second-order valence-corrected chi connectivity index (χ2v) is 3.43. The lowest BCUT2D eigenvalue weighted by Gasteiger charge is -2.09. The van der Waals surface area contributed by atoms with Crippen molar-refractivity contribution < 1.29 is 18.9 Å². The summed E-state index contributed by atoms with van der Waals surface area (Å²) in [5.74, 6) is 0.873. The largest absolute Gasteiger partial charge is 0.476 e. The van der Waals surface area contributed by atoms with Gasteiger partial charge >= 0.3 is 0 Å². The number of aromatic nitrogens is 1. The zero-order valence-corrected chi connectivity index (χ0v) is 10.8. The number of nitrogens with two attached hydrogens (primary N) is 1. The molecule has 6 nitrogen and oxygen atoms in total. The maximum Gasteiger partial charge on any atom is 0.240 e. The monoisotopic (exact) mass is 256 g/mol. The number of nitrogens with zero attached hydrogens (tertiary/aromatic N) is 1. The Morgan fingerprint density at radius 3 is 2.61 bits per heavy atom. The third-order valence-corrected chi connectivity index (χ3v) is 2.05. The highest BCUT2D eigenvalue weighted by molar-refractivity contribution is 5.49. The van der Waals surface area contributed by atoms with Crippen molar-refractivity contribution in [1.29, 1.82) is 0 Å². The van der Waals surface area contributed by atoms with E-state index < -0.39 is 0 Å². The van der Waals surface area contributed by atoms with Crippen LogP contribution in [0.1, 0.15) is 6.92 Å². The van der Waals surface area contributed by atoms with E-state index in [1.54, 1.807) is 19.2 Å². The molecule has 0 saturated carbocycles. The van der Waals surface area contributed by atoms with Gasteiger partial charge in [-0.25, -0.2) is 0 Å². The molecular weight excluding hydrogens is 236 g/mol. The Bertz CT molecular complexity index is 347. The molecule has 0 unspecified atom stereocenters. The van der Waals surface area contributed by atoms with Crippen LogP contribution in [0.15, 0.2) is 12.1 Å². The normalized spacial score (nSPS) is 10.3. The number of methoxy groups -OCH3 is 1. The number of ether oxygens (including phenoxy) is 4. The molecule has 0 aliphatic rings. The number of pyridine rings is 1. The van der Waals surface area contributed by atoms with Crippen molar-refractivity contribution in [3.63, 3.8) is 0 Å². The molecule has 0 bridgehead atoms. The van der Waals surface area contributed by atoms with Gasteiger partial charge in [0.15, 0.2) is 0 Å². The third-order valence-electron chi connectivity index (χ3n) is 2.05. The van der Waals surface area contributed by atoms with Gasteiger partial charge in [-0.1, -0.05) is 0 Å². The van der Waals surface area contributed by atoms with Crippen molar-refractivity contribution in [3.8, 4) is 11.8 Å². The smallest absolute Gasteiger partial charge is 0.240 e. The summed E-state index contributed by atoms with van der Waals surface area (Å²) in [4.78, 5) is 4.15. The lowest BCUT2D eigenvalue weighted by atomic mass is 10.4. The highest BCUT2D eigenvalue weighted by atomic mass is 16.5. The third kappa shape index (κ3) is 5.20. The molecule has 0 fully saturated rings. The number of hydrogen-bond donors (Lipinski definition) is 1. The minimum Gasteiger partial charge on any atom is -0.476 e. The molecule has 1 heterocycles. The molecule has 0 aliphatic heterocycles. The van der Waals surface area contributed by atoms with Crippen LogP contribution in [0.2, 0.25) is 0 Å². The summed E-state index contributed by atoms with van der Waals surface area (Å²) in [5.41, 5.74) is 6.20. The molecule has 0 amide bonds.